The molecular weight excluding hydrogens is 322 g/mol. The minimum Gasteiger partial charge on any atom is -0.340 e. The van der Waals surface area contributed by atoms with Crippen LogP contribution < -0.4 is 0 Å². The van der Waals surface area contributed by atoms with Crippen molar-refractivity contribution in [2.75, 3.05) is 6.54 Å². The molecule has 4 rings (SSSR count). The van der Waals surface area contributed by atoms with E-state index >= 15 is 0 Å². The summed E-state index contributed by atoms with van der Waals surface area (Å²) in [5.41, 5.74) is 2.08. The molecule has 0 bridgehead atoms. The molecule has 6 nitrogen and oxygen atoms in total. The molecule has 0 aliphatic carbocycles. The molecular formula is C17H19N5OS. The second kappa shape index (κ2) is 6.32. The molecule has 0 N–H and O–H groups in total. The maximum absolute atomic E-state index is 12.5. The Morgan fingerprint density at radius 3 is 2.88 bits per heavy atom. The van der Waals surface area contributed by atoms with E-state index in [4.69, 9.17) is 0 Å². The molecule has 1 aliphatic heterocycles. The normalized spacial score (nSPS) is 18.2. The number of amides is 1. The first-order chi connectivity index (χ1) is 11.7. The highest BCUT2D eigenvalue weighted by Crippen LogP contribution is 2.25. The van der Waals surface area contributed by atoms with E-state index < -0.39 is 0 Å². The smallest absolute Gasteiger partial charge is 0.234 e. The SMILES string of the molecule is C[C@H]1CCCCN1C(=O)Cc1ccc(-c2nn3cnnc3s2)cc1. The van der Waals surface area contributed by atoms with Crippen LogP contribution in [-0.4, -0.2) is 43.2 Å². The maximum Gasteiger partial charge on any atom is 0.234 e. The van der Waals surface area contributed by atoms with Crippen LogP contribution in [0, 0.1) is 0 Å². The molecule has 0 radical (unpaired) electrons. The molecule has 124 valence electrons. The van der Waals surface area contributed by atoms with Crippen molar-refractivity contribution in [3.8, 4) is 10.6 Å². The third-order valence-corrected chi connectivity index (χ3v) is 5.53. The number of hydrogen-bond acceptors (Lipinski definition) is 5. The van der Waals surface area contributed by atoms with Crippen molar-refractivity contribution in [2.24, 2.45) is 0 Å². The average molecular weight is 341 g/mol. The van der Waals surface area contributed by atoms with Gasteiger partial charge in [0.2, 0.25) is 10.9 Å². The predicted molar refractivity (Wildman–Crippen MR) is 92.8 cm³/mol. The summed E-state index contributed by atoms with van der Waals surface area (Å²) in [6, 6.07) is 8.45. The van der Waals surface area contributed by atoms with Crippen LogP contribution in [0.4, 0.5) is 0 Å². The number of piperidine rings is 1. The van der Waals surface area contributed by atoms with Crippen LogP contribution in [0.1, 0.15) is 31.7 Å². The number of carbonyl (C=O) groups excluding carboxylic acids is 1. The van der Waals surface area contributed by atoms with Crippen LogP contribution in [0.3, 0.4) is 0 Å². The van der Waals surface area contributed by atoms with Gasteiger partial charge in [-0.2, -0.15) is 9.61 Å². The zero-order chi connectivity index (χ0) is 16.5. The number of fused-ring (bicyclic) bond motifs is 1. The van der Waals surface area contributed by atoms with Crippen LogP contribution in [-0.2, 0) is 11.2 Å². The van der Waals surface area contributed by atoms with Crippen LogP contribution >= 0.6 is 11.3 Å². The van der Waals surface area contributed by atoms with Crippen molar-refractivity contribution in [3.05, 3.63) is 36.2 Å². The van der Waals surface area contributed by atoms with Gasteiger partial charge in [0.1, 0.15) is 11.3 Å². The number of carbonyl (C=O) groups is 1. The Kier molecular flexibility index (Phi) is 4.02. The lowest BCUT2D eigenvalue weighted by Crippen LogP contribution is -2.42. The highest BCUT2D eigenvalue weighted by Gasteiger charge is 2.23. The van der Waals surface area contributed by atoms with Gasteiger partial charge in [-0.05, 0) is 31.7 Å². The van der Waals surface area contributed by atoms with Gasteiger partial charge in [0.05, 0.1) is 6.42 Å². The number of benzene rings is 1. The minimum absolute atomic E-state index is 0.230. The Labute approximate surface area is 144 Å². The molecule has 1 saturated heterocycles. The van der Waals surface area contributed by atoms with Crippen molar-refractivity contribution in [3.63, 3.8) is 0 Å². The molecule has 1 atom stereocenters. The largest absolute Gasteiger partial charge is 0.340 e. The zero-order valence-corrected chi connectivity index (χ0v) is 14.4. The highest BCUT2D eigenvalue weighted by atomic mass is 32.1. The predicted octanol–water partition coefficient (Wildman–Crippen LogP) is 2.80. The number of nitrogens with zero attached hydrogens (tertiary/aromatic N) is 5. The topological polar surface area (TPSA) is 63.4 Å². The lowest BCUT2D eigenvalue weighted by Gasteiger charge is -2.33. The number of hydrogen-bond donors (Lipinski definition) is 0. The number of likely N-dealkylation sites (tertiary alicyclic amines) is 1. The molecule has 1 aromatic carbocycles. The van der Waals surface area contributed by atoms with Gasteiger partial charge in [0, 0.05) is 18.2 Å². The van der Waals surface area contributed by atoms with Crippen LogP contribution in [0.25, 0.3) is 15.5 Å². The van der Waals surface area contributed by atoms with Gasteiger partial charge in [0.15, 0.2) is 0 Å². The van der Waals surface area contributed by atoms with Crippen molar-refractivity contribution in [1.82, 2.24) is 24.7 Å². The van der Waals surface area contributed by atoms with E-state index in [2.05, 4.69) is 22.2 Å². The summed E-state index contributed by atoms with van der Waals surface area (Å²) in [6.45, 7) is 3.04. The Balaban J connectivity index is 1.47. The van der Waals surface area contributed by atoms with Gasteiger partial charge in [0.25, 0.3) is 0 Å². The first kappa shape index (κ1) is 15.3. The van der Waals surface area contributed by atoms with Gasteiger partial charge in [-0.3, -0.25) is 4.79 Å². The first-order valence-corrected chi connectivity index (χ1v) is 9.08. The zero-order valence-electron chi connectivity index (χ0n) is 13.6. The molecule has 0 saturated carbocycles. The van der Waals surface area contributed by atoms with Crippen LogP contribution in [0.5, 0.6) is 0 Å². The minimum atomic E-state index is 0.230. The summed E-state index contributed by atoms with van der Waals surface area (Å²) in [4.78, 5) is 15.3. The van der Waals surface area contributed by atoms with E-state index in [0.717, 1.165) is 40.5 Å². The number of rotatable bonds is 3. The van der Waals surface area contributed by atoms with E-state index in [1.807, 2.05) is 29.2 Å². The number of aromatic nitrogens is 4. The fraction of sp³-hybridized carbons (Fsp3) is 0.412. The lowest BCUT2D eigenvalue weighted by atomic mass is 10.0. The fourth-order valence-corrected chi connectivity index (χ4v) is 4.01. The molecule has 1 fully saturated rings. The standard InChI is InChI=1S/C17H19N5OS/c1-12-4-2-3-9-21(12)15(23)10-13-5-7-14(8-6-13)16-20-22-11-18-19-17(22)24-16/h5-8,11-12H,2-4,9-10H2,1H3/t12-/m0/s1. The summed E-state index contributed by atoms with van der Waals surface area (Å²) < 4.78 is 1.68. The van der Waals surface area contributed by atoms with Crippen LogP contribution in [0.15, 0.2) is 30.6 Å². The Hall–Kier alpha value is -2.28. The Bertz CT molecular complexity index is 825. The lowest BCUT2D eigenvalue weighted by molar-refractivity contribution is -0.133. The molecule has 1 amide bonds. The third kappa shape index (κ3) is 2.91. The van der Waals surface area contributed by atoms with Crippen molar-refractivity contribution < 1.29 is 4.79 Å². The van der Waals surface area contributed by atoms with Gasteiger partial charge in [-0.1, -0.05) is 35.6 Å². The Morgan fingerprint density at radius 2 is 2.12 bits per heavy atom. The quantitative estimate of drug-likeness (QED) is 0.735. The van der Waals surface area contributed by atoms with E-state index in [1.54, 1.807) is 10.8 Å². The first-order valence-electron chi connectivity index (χ1n) is 8.26. The molecule has 3 heterocycles. The van der Waals surface area contributed by atoms with E-state index in [0.29, 0.717) is 12.5 Å². The maximum atomic E-state index is 12.5. The Morgan fingerprint density at radius 1 is 1.29 bits per heavy atom. The molecule has 1 aliphatic rings. The second-order valence-corrected chi connectivity index (χ2v) is 7.23. The van der Waals surface area contributed by atoms with Gasteiger partial charge in [-0.15, -0.1) is 10.2 Å². The third-order valence-electron chi connectivity index (χ3n) is 4.57. The average Bonchev–Trinajstić information content (AvgIpc) is 3.17. The second-order valence-electron chi connectivity index (χ2n) is 6.27. The molecule has 0 spiro atoms. The summed E-state index contributed by atoms with van der Waals surface area (Å²) in [5.74, 6) is 0.230. The summed E-state index contributed by atoms with van der Waals surface area (Å²) in [6.07, 6.45) is 5.53. The van der Waals surface area contributed by atoms with Crippen molar-refractivity contribution >= 4 is 22.2 Å². The van der Waals surface area contributed by atoms with Gasteiger partial charge >= 0.3 is 0 Å². The monoisotopic (exact) mass is 341 g/mol. The molecule has 3 aromatic rings. The van der Waals surface area contributed by atoms with Gasteiger partial charge in [-0.25, -0.2) is 0 Å². The molecule has 0 unspecified atom stereocenters. The van der Waals surface area contributed by atoms with Gasteiger partial charge < -0.3 is 4.90 Å². The molecule has 2 aromatic heterocycles. The van der Waals surface area contributed by atoms with E-state index in [-0.39, 0.29) is 5.91 Å². The molecule has 7 heteroatoms. The van der Waals surface area contributed by atoms with Crippen LogP contribution in [0.2, 0.25) is 0 Å². The van der Waals surface area contributed by atoms with Crippen molar-refractivity contribution in [2.45, 2.75) is 38.6 Å². The summed E-state index contributed by atoms with van der Waals surface area (Å²) >= 11 is 1.50. The fourth-order valence-electron chi connectivity index (χ4n) is 3.19. The highest BCUT2D eigenvalue weighted by molar-refractivity contribution is 7.19. The van der Waals surface area contributed by atoms with Crippen molar-refractivity contribution in [1.29, 1.82) is 0 Å². The summed E-state index contributed by atoms with van der Waals surface area (Å²) in [7, 11) is 0. The summed E-state index contributed by atoms with van der Waals surface area (Å²) in [5, 5.41) is 13.2. The van der Waals surface area contributed by atoms with E-state index in [1.165, 1.54) is 17.8 Å². The molecule has 24 heavy (non-hydrogen) atoms. The van der Waals surface area contributed by atoms with E-state index in [9.17, 15) is 4.79 Å².